The van der Waals surface area contributed by atoms with E-state index in [1.165, 1.54) is 7.11 Å². The molecule has 0 saturated carbocycles. The minimum atomic E-state index is -0.435. The van der Waals surface area contributed by atoms with Gasteiger partial charge >= 0.3 is 5.97 Å². The number of nitrogens with one attached hydrogen (secondary N) is 1. The van der Waals surface area contributed by atoms with E-state index in [4.69, 9.17) is 6.42 Å². The van der Waals surface area contributed by atoms with Crippen LogP contribution in [0.2, 0.25) is 0 Å². The van der Waals surface area contributed by atoms with Gasteiger partial charge in [-0.2, -0.15) is 0 Å². The molecule has 0 bridgehead atoms. The molecule has 1 aromatic carbocycles. The molecule has 0 radical (unpaired) electrons. The van der Waals surface area contributed by atoms with Crippen molar-refractivity contribution in [2.24, 2.45) is 0 Å². The minimum Gasteiger partial charge on any atom is -0.468 e. The van der Waals surface area contributed by atoms with Gasteiger partial charge in [-0.15, -0.1) is 12.3 Å². The highest BCUT2D eigenvalue weighted by atomic mass is 16.5. The van der Waals surface area contributed by atoms with Crippen molar-refractivity contribution in [3.63, 3.8) is 0 Å². The lowest BCUT2D eigenvalue weighted by Gasteiger charge is -2.13. The Morgan fingerprint density at radius 1 is 1.50 bits per heavy atom. The van der Waals surface area contributed by atoms with Gasteiger partial charge < -0.3 is 4.74 Å². The van der Waals surface area contributed by atoms with Crippen LogP contribution in [0.3, 0.4) is 0 Å². The molecule has 0 aromatic heterocycles. The molecule has 0 aliphatic rings. The summed E-state index contributed by atoms with van der Waals surface area (Å²) in [7, 11) is 1.36. The third-order valence-corrected chi connectivity index (χ3v) is 2.20. The fraction of sp³-hybridized carbons (Fsp3) is 0.308. The first-order valence-corrected chi connectivity index (χ1v) is 5.06. The SMILES string of the molecule is C#CCC(NCc1ccccc1)C(=O)OC. The average molecular weight is 217 g/mol. The average Bonchev–Trinajstić information content (AvgIpc) is 2.34. The molecule has 0 spiro atoms. The topological polar surface area (TPSA) is 38.3 Å². The summed E-state index contributed by atoms with van der Waals surface area (Å²) in [5, 5.41) is 3.07. The number of ether oxygens (including phenoxy) is 1. The minimum absolute atomic E-state index is 0.325. The molecule has 0 amide bonds. The van der Waals surface area contributed by atoms with E-state index in [0.717, 1.165) is 5.56 Å². The molecule has 0 heterocycles. The Morgan fingerprint density at radius 2 is 2.19 bits per heavy atom. The van der Waals surface area contributed by atoms with Crippen LogP contribution in [-0.2, 0) is 16.1 Å². The summed E-state index contributed by atoms with van der Waals surface area (Å²) in [5.74, 6) is 2.13. The number of benzene rings is 1. The Labute approximate surface area is 95.8 Å². The summed E-state index contributed by atoms with van der Waals surface area (Å²) in [4.78, 5) is 11.3. The second-order valence-electron chi connectivity index (χ2n) is 3.35. The van der Waals surface area contributed by atoms with Crippen LogP contribution in [0.5, 0.6) is 0 Å². The summed E-state index contributed by atoms with van der Waals surface area (Å²) in [6.07, 6.45) is 5.53. The molecule has 1 rings (SSSR count). The second-order valence-corrected chi connectivity index (χ2v) is 3.35. The number of hydrogen-bond donors (Lipinski definition) is 1. The lowest BCUT2D eigenvalue weighted by atomic mass is 10.2. The Balaban J connectivity index is 2.51. The third kappa shape index (κ3) is 3.76. The van der Waals surface area contributed by atoms with Gasteiger partial charge in [-0.3, -0.25) is 10.1 Å². The summed E-state index contributed by atoms with van der Waals surface area (Å²) in [6.45, 7) is 0.599. The molecule has 84 valence electrons. The fourth-order valence-corrected chi connectivity index (χ4v) is 1.34. The van der Waals surface area contributed by atoms with E-state index in [9.17, 15) is 4.79 Å². The van der Waals surface area contributed by atoms with Gasteiger partial charge in [-0.05, 0) is 5.56 Å². The summed E-state index contributed by atoms with van der Waals surface area (Å²) in [5.41, 5.74) is 1.11. The Kier molecular flexibility index (Phi) is 5.10. The van der Waals surface area contributed by atoms with Gasteiger partial charge in [0, 0.05) is 13.0 Å². The Bertz CT molecular complexity index is 367. The van der Waals surface area contributed by atoms with E-state index in [1.54, 1.807) is 0 Å². The molecule has 1 N–H and O–H groups in total. The number of carbonyl (C=O) groups excluding carboxylic acids is 1. The van der Waals surface area contributed by atoms with Crippen molar-refractivity contribution < 1.29 is 9.53 Å². The zero-order valence-electron chi connectivity index (χ0n) is 9.27. The maximum Gasteiger partial charge on any atom is 0.323 e. The first kappa shape index (κ1) is 12.3. The number of methoxy groups -OCH3 is 1. The van der Waals surface area contributed by atoms with Crippen LogP contribution in [-0.4, -0.2) is 19.1 Å². The van der Waals surface area contributed by atoms with Gasteiger partial charge in [0.2, 0.25) is 0 Å². The van der Waals surface area contributed by atoms with Crippen LogP contribution < -0.4 is 5.32 Å². The molecule has 1 unspecified atom stereocenters. The number of hydrogen-bond acceptors (Lipinski definition) is 3. The lowest BCUT2D eigenvalue weighted by molar-refractivity contribution is -0.143. The van der Waals surface area contributed by atoms with Crippen LogP contribution in [0.4, 0.5) is 0 Å². The second kappa shape index (κ2) is 6.65. The zero-order valence-corrected chi connectivity index (χ0v) is 9.27. The van der Waals surface area contributed by atoms with E-state index in [-0.39, 0.29) is 5.97 Å². The molecule has 16 heavy (non-hydrogen) atoms. The van der Waals surface area contributed by atoms with Crippen molar-refractivity contribution in [3.8, 4) is 12.3 Å². The molecule has 3 heteroatoms. The van der Waals surface area contributed by atoms with Gasteiger partial charge in [-0.25, -0.2) is 0 Å². The predicted molar refractivity (Wildman–Crippen MR) is 62.5 cm³/mol. The molecular weight excluding hydrogens is 202 g/mol. The van der Waals surface area contributed by atoms with E-state index < -0.39 is 6.04 Å². The highest BCUT2D eigenvalue weighted by Crippen LogP contribution is 2.00. The largest absolute Gasteiger partial charge is 0.468 e. The number of rotatable bonds is 5. The monoisotopic (exact) mass is 217 g/mol. The quantitative estimate of drug-likeness (QED) is 0.597. The van der Waals surface area contributed by atoms with Crippen LogP contribution in [0, 0.1) is 12.3 Å². The summed E-state index contributed by atoms with van der Waals surface area (Å²) in [6, 6.07) is 9.38. The van der Waals surface area contributed by atoms with Crippen molar-refractivity contribution in [1.82, 2.24) is 5.32 Å². The zero-order chi connectivity index (χ0) is 11.8. The van der Waals surface area contributed by atoms with E-state index in [2.05, 4.69) is 16.0 Å². The van der Waals surface area contributed by atoms with Crippen molar-refractivity contribution in [2.75, 3.05) is 7.11 Å². The number of terminal acetylenes is 1. The highest BCUT2D eigenvalue weighted by Gasteiger charge is 2.16. The number of carbonyl (C=O) groups is 1. The molecule has 1 atom stereocenters. The van der Waals surface area contributed by atoms with Crippen molar-refractivity contribution in [2.45, 2.75) is 19.0 Å². The van der Waals surface area contributed by atoms with Crippen LogP contribution in [0.15, 0.2) is 30.3 Å². The Morgan fingerprint density at radius 3 is 2.75 bits per heavy atom. The molecule has 3 nitrogen and oxygen atoms in total. The maximum atomic E-state index is 11.3. The van der Waals surface area contributed by atoms with Gasteiger partial charge in [0.1, 0.15) is 6.04 Å². The van der Waals surface area contributed by atoms with Crippen molar-refractivity contribution in [3.05, 3.63) is 35.9 Å². The first-order chi connectivity index (χ1) is 7.77. The van der Waals surface area contributed by atoms with E-state index in [0.29, 0.717) is 13.0 Å². The molecule has 1 aromatic rings. The maximum absolute atomic E-state index is 11.3. The lowest BCUT2D eigenvalue weighted by Crippen LogP contribution is -2.36. The van der Waals surface area contributed by atoms with E-state index >= 15 is 0 Å². The van der Waals surface area contributed by atoms with Crippen LogP contribution >= 0.6 is 0 Å². The van der Waals surface area contributed by atoms with Gasteiger partial charge in [0.25, 0.3) is 0 Å². The predicted octanol–water partition coefficient (Wildman–Crippen LogP) is 1.34. The molecule has 0 aliphatic carbocycles. The highest BCUT2D eigenvalue weighted by molar-refractivity contribution is 5.76. The van der Waals surface area contributed by atoms with Gasteiger partial charge in [0.05, 0.1) is 7.11 Å². The van der Waals surface area contributed by atoms with Crippen molar-refractivity contribution in [1.29, 1.82) is 0 Å². The summed E-state index contributed by atoms with van der Waals surface area (Å²) >= 11 is 0. The number of esters is 1. The molecular formula is C13H15NO2. The van der Waals surface area contributed by atoms with Crippen LogP contribution in [0.1, 0.15) is 12.0 Å². The first-order valence-electron chi connectivity index (χ1n) is 5.06. The fourth-order valence-electron chi connectivity index (χ4n) is 1.34. The Hall–Kier alpha value is -1.79. The van der Waals surface area contributed by atoms with Crippen LogP contribution in [0.25, 0.3) is 0 Å². The smallest absolute Gasteiger partial charge is 0.323 e. The normalized spacial score (nSPS) is 11.5. The van der Waals surface area contributed by atoms with Crippen molar-refractivity contribution >= 4 is 5.97 Å². The molecule has 0 aliphatic heterocycles. The van der Waals surface area contributed by atoms with E-state index in [1.807, 2.05) is 30.3 Å². The third-order valence-electron chi connectivity index (χ3n) is 2.20. The summed E-state index contributed by atoms with van der Waals surface area (Å²) < 4.78 is 4.66. The standard InChI is InChI=1S/C13H15NO2/c1-3-7-12(13(15)16-2)14-10-11-8-5-4-6-9-11/h1,4-6,8-9,12,14H,7,10H2,2H3. The van der Waals surface area contributed by atoms with Gasteiger partial charge in [-0.1, -0.05) is 30.3 Å². The molecule has 0 saturated heterocycles. The van der Waals surface area contributed by atoms with Gasteiger partial charge in [0.15, 0.2) is 0 Å². The molecule has 0 fully saturated rings.